The predicted octanol–water partition coefficient (Wildman–Crippen LogP) is 1.59. The lowest BCUT2D eigenvalue weighted by atomic mass is 10.1. The molecule has 3 heterocycles. The molecule has 96 valence electrons. The summed E-state index contributed by atoms with van der Waals surface area (Å²) < 4.78 is 0. The van der Waals surface area contributed by atoms with Crippen molar-refractivity contribution >= 4 is 34.9 Å². The molecular formula is C11H12Cl2N4O. The van der Waals surface area contributed by atoms with E-state index in [2.05, 4.69) is 14.9 Å². The first-order valence-electron chi connectivity index (χ1n) is 5.87. The van der Waals surface area contributed by atoms with E-state index >= 15 is 0 Å². The van der Waals surface area contributed by atoms with Gasteiger partial charge in [0.2, 0.25) is 11.2 Å². The topological polar surface area (TPSA) is 49.3 Å². The van der Waals surface area contributed by atoms with Crippen LogP contribution in [0.5, 0.6) is 0 Å². The second-order valence-electron chi connectivity index (χ2n) is 4.54. The van der Waals surface area contributed by atoms with Crippen molar-refractivity contribution in [3.63, 3.8) is 0 Å². The van der Waals surface area contributed by atoms with E-state index in [1.165, 1.54) is 6.20 Å². The molecule has 0 aliphatic carbocycles. The van der Waals surface area contributed by atoms with E-state index in [0.717, 1.165) is 26.1 Å². The number of nitrogens with zero attached hydrogens (tertiary/aromatic N) is 4. The molecule has 18 heavy (non-hydrogen) atoms. The lowest BCUT2D eigenvalue weighted by molar-refractivity contribution is -0.129. The number of hydrogen-bond donors (Lipinski definition) is 0. The lowest BCUT2D eigenvalue weighted by Gasteiger charge is -2.38. The molecule has 2 fully saturated rings. The minimum absolute atomic E-state index is 0.194. The molecule has 2 saturated heterocycles. The third kappa shape index (κ3) is 2.01. The molecule has 1 unspecified atom stereocenters. The molecular weight excluding hydrogens is 275 g/mol. The van der Waals surface area contributed by atoms with Crippen LogP contribution in [0, 0.1) is 0 Å². The molecule has 1 aromatic rings. The minimum Gasteiger partial charge on any atom is -0.351 e. The summed E-state index contributed by atoms with van der Waals surface area (Å²) in [6.07, 6.45) is 3.07. The third-order valence-electron chi connectivity index (χ3n) is 3.49. The first-order valence-corrected chi connectivity index (χ1v) is 6.63. The van der Waals surface area contributed by atoms with Gasteiger partial charge in [-0.1, -0.05) is 11.6 Å². The molecule has 0 bridgehead atoms. The van der Waals surface area contributed by atoms with Crippen LogP contribution in [-0.2, 0) is 4.79 Å². The van der Waals surface area contributed by atoms with Crippen LogP contribution in [0.2, 0.25) is 10.3 Å². The van der Waals surface area contributed by atoms with Gasteiger partial charge in [-0.2, -0.15) is 4.98 Å². The Labute approximate surface area is 115 Å². The van der Waals surface area contributed by atoms with Gasteiger partial charge >= 0.3 is 0 Å². The molecule has 2 aliphatic heterocycles. The summed E-state index contributed by atoms with van der Waals surface area (Å²) in [5, 5.41) is 0.691. The number of anilines is 1. The quantitative estimate of drug-likeness (QED) is 0.736. The molecule has 1 aromatic heterocycles. The zero-order valence-electron chi connectivity index (χ0n) is 9.64. The van der Waals surface area contributed by atoms with Gasteiger partial charge in [-0.3, -0.25) is 4.79 Å². The number of amides is 1. The van der Waals surface area contributed by atoms with Gasteiger partial charge in [0.25, 0.3) is 0 Å². The molecule has 1 amide bonds. The van der Waals surface area contributed by atoms with E-state index in [0.29, 0.717) is 17.3 Å². The Hall–Kier alpha value is -1.07. The number of piperazine rings is 1. The molecule has 0 radical (unpaired) electrons. The molecule has 0 N–H and O–H groups in total. The summed E-state index contributed by atoms with van der Waals surface area (Å²) in [5.74, 6) is 0.919. The number of rotatable bonds is 1. The number of fused-ring (bicyclic) bond motifs is 1. The van der Waals surface area contributed by atoms with Crippen molar-refractivity contribution in [2.75, 3.05) is 24.5 Å². The molecule has 1 atom stereocenters. The highest BCUT2D eigenvalue weighted by molar-refractivity contribution is 6.33. The maximum Gasteiger partial charge on any atom is 0.224 e. The van der Waals surface area contributed by atoms with Crippen LogP contribution in [0.25, 0.3) is 0 Å². The molecule has 7 heteroatoms. The second-order valence-corrected chi connectivity index (χ2v) is 5.28. The fourth-order valence-corrected chi connectivity index (χ4v) is 2.96. The average molecular weight is 287 g/mol. The van der Waals surface area contributed by atoms with Crippen LogP contribution in [0.1, 0.15) is 12.8 Å². The van der Waals surface area contributed by atoms with Crippen molar-refractivity contribution in [2.24, 2.45) is 0 Å². The Bertz CT molecular complexity index is 496. The highest BCUT2D eigenvalue weighted by Gasteiger charge is 2.36. The molecule has 3 rings (SSSR count). The standard InChI is InChI=1S/C11H12Cl2N4O/c12-8-5-14-11(13)15-10(8)16-3-4-17-7(6-16)1-2-9(17)18/h5,7H,1-4,6H2. The maximum atomic E-state index is 11.6. The smallest absolute Gasteiger partial charge is 0.224 e. The minimum atomic E-state index is 0.194. The number of hydrogen-bond acceptors (Lipinski definition) is 4. The van der Waals surface area contributed by atoms with E-state index < -0.39 is 0 Å². The summed E-state index contributed by atoms with van der Waals surface area (Å²) in [5.41, 5.74) is 0. The highest BCUT2D eigenvalue weighted by Crippen LogP contribution is 2.29. The largest absolute Gasteiger partial charge is 0.351 e. The van der Waals surface area contributed by atoms with Gasteiger partial charge in [-0.25, -0.2) is 4.98 Å². The van der Waals surface area contributed by atoms with Crippen molar-refractivity contribution in [3.8, 4) is 0 Å². The van der Waals surface area contributed by atoms with E-state index in [4.69, 9.17) is 23.2 Å². The summed E-state index contributed by atoms with van der Waals surface area (Å²) >= 11 is 11.9. The van der Waals surface area contributed by atoms with Crippen LogP contribution in [0.3, 0.4) is 0 Å². The summed E-state index contributed by atoms with van der Waals surface area (Å²) in [4.78, 5) is 23.7. The van der Waals surface area contributed by atoms with E-state index in [1.807, 2.05) is 4.90 Å². The van der Waals surface area contributed by atoms with Gasteiger partial charge < -0.3 is 9.80 Å². The lowest BCUT2D eigenvalue weighted by Crippen LogP contribution is -2.51. The fraction of sp³-hybridized carbons (Fsp3) is 0.545. The first kappa shape index (κ1) is 12.0. The zero-order chi connectivity index (χ0) is 12.7. The number of aromatic nitrogens is 2. The average Bonchev–Trinajstić information content (AvgIpc) is 2.74. The van der Waals surface area contributed by atoms with Crippen molar-refractivity contribution in [2.45, 2.75) is 18.9 Å². The van der Waals surface area contributed by atoms with E-state index in [9.17, 15) is 4.79 Å². The highest BCUT2D eigenvalue weighted by atomic mass is 35.5. The molecule has 5 nitrogen and oxygen atoms in total. The monoisotopic (exact) mass is 286 g/mol. The zero-order valence-corrected chi connectivity index (χ0v) is 11.2. The summed E-state index contributed by atoms with van der Waals surface area (Å²) in [6, 6.07) is 0.274. The fourth-order valence-electron chi connectivity index (χ4n) is 2.62. The van der Waals surface area contributed by atoms with Gasteiger partial charge in [0.05, 0.1) is 6.20 Å². The predicted molar refractivity (Wildman–Crippen MR) is 69.0 cm³/mol. The first-order chi connectivity index (χ1) is 8.65. The van der Waals surface area contributed by atoms with Gasteiger partial charge in [0.1, 0.15) is 5.02 Å². The molecule has 2 aliphatic rings. The van der Waals surface area contributed by atoms with Gasteiger partial charge in [0.15, 0.2) is 5.82 Å². The van der Waals surface area contributed by atoms with Crippen LogP contribution in [0.4, 0.5) is 5.82 Å². The molecule has 0 spiro atoms. The van der Waals surface area contributed by atoms with Gasteiger partial charge in [0, 0.05) is 32.1 Å². The van der Waals surface area contributed by atoms with E-state index in [-0.39, 0.29) is 17.2 Å². The Morgan fingerprint density at radius 2 is 2.17 bits per heavy atom. The Kier molecular flexibility index (Phi) is 3.03. The van der Waals surface area contributed by atoms with Crippen molar-refractivity contribution < 1.29 is 4.79 Å². The summed E-state index contributed by atoms with van der Waals surface area (Å²) in [6.45, 7) is 2.22. The second kappa shape index (κ2) is 4.55. The molecule has 0 aromatic carbocycles. The number of halogens is 2. The summed E-state index contributed by atoms with van der Waals surface area (Å²) in [7, 11) is 0. The van der Waals surface area contributed by atoms with Crippen LogP contribution >= 0.6 is 23.2 Å². The van der Waals surface area contributed by atoms with Crippen LogP contribution in [-0.4, -0.2) is 46.5 Å². The van der Waals surface area contributed by atoms with Crippen LogP contribution in [0.15, 0.2) is 6.20 Å². The number of carbonyl (C=O) groups excluding carboxylic acids is 1. The SMILES string of the molecule is O=C1CCC2CN(c3nc(Cl)ncc3Cl)CCN12. The maximum absolute atomic E-state index is 11.6. The van der Waals surface area contributed by atoms with Gasteiger partial charge in [-0.05, 0) is 18.0 Å². The Morgan fingerprint density at radius 1 is 1.33 bits per heavy atom. The van der Waals surface area contributed by atoms with Crippen molar-refractivity contribution in [1.29, 1.82) is 0 Å². The Balaban J connectivity index is 1.82. The van der Waals surface area contributed by atoms with Crippen molar-refractivity contribution in [1.82, 2.24) is 14.9 Å². The van der Waals surface area contributed by atoms with Gasteiger partial charge in [-0.15, -0.1) is 0 Å². The third-order valence-corrected chi connectivity index (χ3v) is 3.94. The van der Waals surface area contributed by atoms with Crippen molar-refractivity contribution in [3.05, 3.63) is 16.5 Å². The molecule has 0 saturated carbocycles. The normalized spacial score (nSPS) is 23.4. The van der Waals surface area contributed by atoms with E-state index in [1.54, 1.807) is 0 Å². The van der Waals surface area contributed by atoms with Crippen LogP contribution < -0.4 is 4.90 Å². The Morgan fingerprint density at radius 3 is 3.00 bits per heavy atom. The number of carbonyl (C=O) groups is 1.